The largest absolute Gasteiger partial charge is 0.272 e. The van der Waals surface area contributed by atoms with E-state index < -0.39 is 0 Å². The van der Waals surface area contributed by atoms with E-state index in [1.165, 1.54) is 29.9 Å². The molecule has 2 bridgehead atoms. The number of aryl methyl sites for hydroxylation is 1. The second-order valence-corrected chi connectivity index (χ2v) is 6.67. The van der Waals surface area contributed by atoms with Crippen LogP contribution in [-0.4, -0.2) is 11.6 Å². The van der Waals surface area contributed by atoms with Crippen molar-refractivity contribution in [3.8, 4) is 0 Å². The van der Waals surface area contributed by atoms with Gasteiger partial charge in [-0.15, -0.1) is 11.3 Å². The molecule has 2 unspecified atom stereocenters. The van der Waals surface area contributed by atoms with Gasteiger partial charge in [0.2, 0.25) is 0 Å². The Morgan fingerprint density at radius 1 is 1.53 bits per heavy atom. The first-order valence-electron chi connectivity index (χ1n) is 7.20. The molecule has 1 heterocycles. The van der Waals surface area contributed by atoms with Gasteiger partial charge in [0.15, 0.2) is 0 Å². The van der Waals surface area contributed by atoms with Gasteiger partial charge in [0.1, 0.15) is 0 Å². The number of hydrogen-bond donors (Lipinski definition) is 1. The minimum atomic E-state index is -0.0612. The Morgan fingerprint density at radius 2 is 2.42 bits per heavy atom. The molecule has 2 atom stereocenters. The second-order valence-electron chi connectivity index (χ2n) is 5.68. The third-order valence-electron chi connectivity index (χ3n) is 4.22. The molecule has 2 aliphatic carbocycles. The number of nitrogens with one attached hydrogen (secondary N) is 1. The topological polar surface area (TPSA) is 41.5 Å². The third kappa shape index (κ3) is 2.73. The molecule has 3 rings (SSSR count). The predicted octanol–water partition coefficient (Wildman–Crippen LogP) is 3.61. The molecular formula is C15H20N2OS. The van der Waals surface area contributed by atoms with Gasteiger partial charge in [0.25, 0.3) is 5.91 Å². The van der Waals surface area contributed by atoms with Crippen LogP contribution in [0.15, 0.2) is 16.5 Å². The van der Waals surface area contributed by atoms with Crippen molar-refractivity contribution in [2.45, 2.75) is 45.4 Å². The average Bonchev–Trinajstić information content (AvgIpc) is 3.12. The second kappa shape index (κ2) is 5.45. The number of amides is 1. The molecule has 0 spiro atoms. The van der Waals surface area contributed by atoms with Crippen LogP contribution in [0.4, 0.5) is 0 Å². The molecule has 1 N–H and O–H groups in total. The Morgan fingerprint density at radius 3 is 3.11 bits per heavy atom. The van der Waals surface area contributed by atoms with Crippen LogP contribution >= 0.6 is 11.3 Å². The van der Waals surface area contributed by atoms with Gasteiger partial charge in [0, 0.05) is 16.0 Å². The maximum absolute atomic E-state index is 12.0. The molecule has 0 saturated heterocycles. The van der Waals surface area contributed by atoms with Crippen molar-refractivity contribution >= 4 is 23.0 Å². The highest BCUT2D eigenvalue weighted by molar-refractivity contribution is 7.10. The van der Waals surface area contributed by atoms with Crippen LogP contribution in [-0.2, 0) is 6.42 Å². The lowest BCUT2D eigenvalue weighted by Gasteiger charge is -2.11. The molecule has 0 aromatic carbocycles. The Balaban J connectivity index is 1.60. The van der Waals surface area contributed by atoms with E-state index >= 15 is 0 Å². The maximum atomic E-state index is 12.0. The van der Waals surface area contributed by atoms with Crippen LogP contribution in [0.5, 0.6) is 0 Å². The summed E-state index contributed by atoms with van der Waals surface area (Å²) in [5, 5.41) is 6.29. The van der Waals surface area contributed by atoms with Gasteiger partial charge in [-0.2, -0.15) is 5.10 Å². The lowest BCUT2D eigenvalue weighted by Crippen LogP contribution is -2.21. The van der Waals surface area contributed by atoms with Crippen LogP contribution in [0.25, 0.3) is 0 Å². The molecule has 2 aliphatic rings. The molecule has 1 amide bonds. The number of hydrogen-bond acceptors (Lipinski definition) is 3. The summed E-state index contributed by atoms with van der Waals surface area (Å²) in [6.07, 6.45) is 7.16. The highest BCUT2D eigenvalue weighted by Gasteiger charge is 2.36. The number of nitrogens with zero attached hydrogens (tertiary/aromatic N) is 1. The lowest BCUT2D eigenvalue weighted by molar-refractivity contribution is 0.0955. The summed E-state index contributed by atoms with van der Waals surface area (Å²) in [6, 6.07) is 1.99. The number of carbonyl (C=O) groups excluding carboxylic acids is 1. The van der Waals surface area contributed by atoms with Crippen LogP contribution in [0.2, 0.25) is 0 Å². The summed E-state index contributed by atoms with van der Waals surface area (Å²) in [7, 11) is 0. The first kappa shape index (κ1) is 12.9. The van der Waals surface area contributed by atoms with E-state index in [0.717, 1.165) is 30.7 Å². The molecule has 3 nitrogen and oxygen atoms in total. The Bertz CT molecular complexity index is 506. The minimum absolute atomic E-state index is 0.0612. The molecule has 19 heavy (non-hydrogen) atoms. The van der Waals surface area contributed by atoms with Crippen LogP contribution in [0.3, 0.4) is 0 Å². The lowest BCUT2D eigenvalue weighted by atomic mass is 9.99. The molecule has 0 aliphatic heterocycles. The molecule has 4 heteroatoms. The van der Waals surface area contributed by atoms with Gasteiger partial charge in [-0.25, -0.2) is 5.43 Å². The average molecular weight is 276 g/mol. The smallest absolute Gasteiger partial charge is 0.267 e. The zero-order chi connectivity index (χ0) is 13.2. The predicted molar refractivity (Wildman–Crippen MR) is 78.7 cm³/mol. The van der Waals surface area contributed by atoms with E-state index in [1.54, 1.807) is 11.3 Å². The van der Waals surface area contributed by atoms with Gasteiger partial charge >= 0.3 is 0 Å². The van der Waals surface area contributed by atoms with Crippen molar-refractivity contribution < 1.29 is 4.79 Å². The van der Waals surface area contributed by atoms with E-state index in [0.29, 0.717) is 5.92 Å². The van der Waals surface area contributed by atoms with Crippen LogP contribution in [0.1, 0.15) is 54.3 Å². The number of fused-ring (bicyclic) bond motifs is 2. The van der Waals surface area contributed by atoms with E-state index in [9.17, 15) is 4.79 Å². The van der Waals surface area contributed by atoms with Crippen molar-refractivity contribution in [2.24, 2.45) is 16.9 Å². The molecule has 1 aromatic heterocycles. The zero-order valence-corrected chi connectivity index (χ0v) is 12.1. The Hall–Kier alpha value is -1.16. The molecule has 1 aromatic rings. The summed E-state index contributed by atoms with van der Waals surface area (Å²) < 4.78 is 0. The monoisotopic (exact) mass is 276 g/mol. The number of thiophene rings is 1. The van der Waals surface area contributed by atoms with Gasteiger partial charge in [0.05, 0.1) is 5.56 Å². The van der Waals surface area contributed by atoms with E-state index in [4.69, 9.17) is 0 Å². The summed E-state index contributed by atoms with van der Waals surface area (Å²) in [5.41, 5.74) is 4.70. The fourth-order valence-electron chi connectivity index (χ4n) is 3.23. The van der Waals surface area contributed by atoms with E-state index in [1.807, 2.05) is 11.4 Å². The summed E-state index contributed by atoms with van der Waals surface area (Å²) in [4.78, 5) is 13.3. The van der Waals surface area contributed by atoms with Crippen molar-refractivity contribution in [3.05, 3.63) is 21.9 Å². The quantitative estimate of drug-likeness (QED) is 0.839. The SMILES string of the molecule is CCCc1cc(C(=O)N/N=C2\CC3CCC2C3)cs1. The highest BCUT2D eigenvalue weighted by Crippen LogP contribution is 2.42. The fraction of sp³-hybridized carbons (Fsp3) is 0.600. The third-order valence-corrected chi connectivity index (χ3v) is 5.22. The van der Waals surface area contributed by atoms with Gasteiger partial charge in [-0.3, -0.25) is 4.79 Å². The van der Waals surface area contributed by atoms with Crippen LogP contribution in [0, 0.1) is 11.8 Å². The molecule has 2 fully saturated rings. The summed E-state index contributed by atoms with van der Waals surface area (Å²) in [5.74, 6) is 1.41. The number of carbonyl (C=O) groups is 1. The van der Waals surface area contributed by atoms with Gasteiger partial charge in [-0.05, 0) is 50.0 Å². The molecule has 2 saturated carbocycles. The highest BCUT2D eigenvalue weighted by atomic mass is 32.1. The van der Waals surface area contributed by atoms with Crippen molar-refractivity contribution in [2.75, 3.05) is 0 Å². The Labute approximate surface area is 118 Å². The van der Waals surface area contributed by atoms with Gasteiger partial charge in [-0.1, -0.05) is 13.3 Å². The zero-order valence-electron chi connectivity index (χ0n) is 11.3. The molecular weight excluding hydrogens is 256 g/mol. The fourth-order valence-corrected chi connectivity index (χ4v) is 4.20. The normalized spacial score (nSPS) is 27.1. The van der Waals surface area contributed by atoms with Crippen LogP contribution < -0.4 is 5.43 Å². The number of hydrazone groups is 1. The van der Waals surface area contributed by atoms with Crippen molar-refractivity contribution in [1.29, 1.82) is 0 Å². The van der Waals surface area contributed by atoms with E-state index in [-0.39, 0.29) is 5.91 Å². The summed E-state index contributed by atoms with van der Waals surface area (Å²) in [6.45, 7) is 2.15. The van der Waals surface area contributed by atoms with E-state index in [2.05, 4.69) is 17.5 Å². The molecule has 0 radical (unpaired) electrons. The van der Waals surface area contributed by atoms with Crippen molar-refractivity contribution in [3.63, 3.8) is 0 Å². The number of rotatable bonds is 4. The standard InChI is InChI=1S/C15H20N2OS/c1-2-3-13-8-12(9-19-13)15(18)17-16-14-7-10-4-5-11(14)6-10/h8-11H,2-7H2,1H3,(H,17,18)/b16-14+. The first-order valence-corrected chi connectivity index (χ1v) is 8.08. The van der Waals surface area contributed by atoms with Crippen molar-refractivity contribution in [1.82, 2.24) is 5.43 Å². The minimum Gasteiger partial charge on any atom is -0.267 e. The molecule has 102 valence electrons. The van der Waals surface area contributed by atoms with Gasteiger partial charge < -0.3 is 0 Å². The summed E-state index contributed by atoms with van der Waals surface area (Å²) >= 11 is 1.66. The first-order chi connectivity index (χ1) is 9.26. The Kier molecular flexibility index (Phi) is 3.69. The maximum Gasteiger partial charge on any atom is 0.272 e.